The number of fused-ring (bicyclic) bond motifs is 1. The van der Waals surface area contributed by atoms with Crippen LogP contribution in [0.15, 0.2) is 0 Å². The van der Waals surface area contributed by atoms with Crippen LogP contribution in [0.4, 0.5) is 0 Å². The van der Waals surface area contributed by atoms with Gasteiger partial charge in [-0.15, -0.1) is 0 Å². The van der Waals surface area contributed by atoms with Crippen LogP contribution < -0.4 is 5.32 Å². The zero-order chi connectivity index (χ0) is 14.1. The van der Waals surface area contributed by atoms with Gasteiger partial charge < -0.3 is 15.3 Å². The summed E-state index contributed by atoms with van der Waals surface area (Å²) in [6.07, 6.45) is 7.87. The lowest BCUT2D eigenvalue weighted by Crippen LogP contribution is -2.46. The molecule has 3 rings (SSSR count). The van der Waals surface area contributed by atoms with E-state index in [0.29, 0.717) is 31.3 Å². The Bertz CT molecular complexity index is 395. The van der Waals surface area contributed by atoms with Crippen molar-refractivity contribution in [2.75, 3.05) is 6.54 Å². The molecular formula is C15H24N2O3. The van der Waals surface area contributed by atoms with E-state index in [4.69, 9.17) is 0 Å². The molecule has 3 unspecified atom stereocenters. The summed E-state index contributed by atoms with van der Waals surface area (Å²) < 4.78 is 0. The molecule has 3 aliphatic rings. The zero-order valence-electron chi connectivity index (χ0n) is 11.9. The van der Waals surface area contributed by atoms with E-state index in [9.17, 15) is 14.7 Å². The minimum atomic E-state index is -0.831. The Hall–Kier alpha value is -1.10. The molecule has 5 nitrogen and oxygen atoms in total. The highest BCUT2D eigenvalue weighted by molar-refractivity contribution is 5.85. The normalized spacial score (nSPS) is 33.0. The average Bonchev–Trinajstić information content (AvgIpc) is 3.16. The van der Waals surface area contributed by atoms with Crippen molar-refractivity contribution < 1.29 is 14.7 Å². The SMILES string of the molecule is O=C(O)C1CC2CCCCC2N1C(=O)CCNC1CC1. The smallest absolute Gasteiger partial charge is 0.326 e. The Kier molecular flexibility index (Phi) is 3.96. The molecule has 5 heteroatoms. The van der Waals surface area contributed by atoms with Crippen LogP contribution in [0.2, 0.25) is 0 Å². The minimum Gasteiger partial charge on any atom is -0.480 e. The maximum absolute atomic E-state index is 12.4. The lowest BCUT2D eigenvalue weighted by atomic mass is 9.84. The first kappa shape index (κ1) is 13.9. The van der Waals surface area contributed by atoms with Gasteiger partial charge in [0.25, 0.3) is 0 Å². The van der Waals surface area contributed by atoms with Gasteiger partial charge in [0, 0.05) is 25.0 Å². The van der Waals surface area contributed by atoms with E-state index in [0.717, 1.165) is 19.3 Å². The molecule has 3 atom stereocenters. The number of amides is 1. The lowest BCUT2D eigenvalue weighted by Gasteiger charge is -2.33. The molecule has 0 bridgehead atoms. The van der Waals surface area contributed by atoms with Crippen LogP contribution in [0.1, 0.15) is 51.4 Å². The fourth-order valence-electron chi connectivity index (χ4n) is 3.84. The van der Waals surface area contributed by atoms with Gasteiger partial charge in [-0.05, 0) is 38.0 Å². The summed E-state index contributed by atoms with van der Waals surface area (Å²) in [5.74, 6) is -0.395. The number of nitrogens with one attached hydrogen (secondary N) is 1. The van der Waals surface area contributed by atoms with Crippen LogP contribution in [0.3, 0.4) is 0 Å². The largest absolute Gasteiger partial charge is 0.480 e. The quantitative estimate of drug-likeness (QED) is 0.798. The summed E-state index contributed by atoms with van der Waals surface area (Å²) in [6, 6.07) is 0.189. The first-order valence-electron chi connectivity index (χ1n) is 7.94. The van der Waals surface area contributed by atoms with Gasteiger partial charge >= 0.3 is 5.97 Å². The van der Waals surface area contributed by atoms with Gasteiger partial charge in [-0.2, -0.15) is 0 Å². The molecule has 1 aliphatic heterocycles. The van der Waals surface area contributed by atoms with Gasteiger partial charge in [-0.25, -0.2) is 4.79 Å². The summed E-state index contributed by atoms with van der Waals surface area (Å²) in [4.78, 5) is 25.6. The van der Waals surface area contributed by atoms with E-state index >= 15 is 0 Å². The molecule has 1 heterocycles. The van der Waals surface area contributed by atoms with Crippen molar-refractivity contribution in [3.05, 3.63) is 0 Å². The molecule has 112 valence electrons. The molecule has 1 saturated heterocycles. The second-order valence-electron chi connectivity index (χ2n) is 6.48. The molecule has 2 aliphatic carbocycles. The fourth-order valence-corrected chi connectivity index (χ4v) is 3.84. The Morgan fingerprint density at radius 3 is 2.60 bits per heavy atom. The maximum Gasteiger partial charge on any atom is 0.326 e. The molecule has 0 spiro atoms. The molecule has 0 aromatic carbocycles. The second-order valence-corrected chi connectivity index (χ2v) is 6.48. The number of carboxylic acid groups (broad SMARTS) is 1. The van der Waals surface area contributed by atoms with Gasteiger partial charge in [0.05, 0.1) is 0 Å². The third-order valence-corrected chi connectivity index (χ3v) is 5.01. The predicted molar refractivity (Wildman–Crippen MR) is 74.3 cm³/mol. The van der Waals surface area contributed by atoms with Crippen molar-refractivity contribution >= 4 is 11.9 Å². The van der Waals surface area contributed by atoms with Gasteiger partial charge in [0.1, 0.15) is 6.04 Å². The predicted octanol–water partition coefficient (Wildman–Crippen LogP) is 1.37. The standard InChI is InChI=1S/C15H24N2O3/c18-14(7-8-16-11-5-6-11)17-12-4-2-1-3-10(12)9-13(17)15(19)20/h10-13,16H,1-9H2,(H,19,20). The number of carbonyl (C=O) groups is 2. The third-order valence-electron chi connectivity index (χ3n) is 5.01. The first-order valence-corrected chi connectivity index (χ1v) is 7.94. The summed E-state index contributed by atoms with van der Waals surface area (Å²) >= 11 is 0. The van der Waals surface area contributed by atoms with Crippen LogP contribution in [-0.4, -0.2) is 46.6 Å². The average molecular weight is 280 g/mol. The summed E-state index contributed by atoms with van der Waals surface area (Å²) in [7, 11) is 0. The number of likely N-dealkylation sites (tertiary alicyclic amines) is 1. The molecule has 0 aromatic heterocycles. The molecule has 0 aromatic rings. The van der Waals surface area contributed by atoms with Crippen LogP contribution in [-0.2, 0) is 9.59 Å². The van der Waals surface area contributed by atoms with E-state index in [1.54, 1.807) is 4.90 Å². The van der Waals surface area contributed by atoms with E-state index in [2.05, 4.69) is 5.32 Å². The summed E-state index contributed by atoms with van der Waals surface area (Å²) in [5, 5.41) is 12.7. The second kappa shape index (κ2) is 5.72. The monoisotopic (exact) mass is 280 g/mol. The van der Waals surface area contributed by atoms with E-state index in [1.165, 1.54) is 19.3 Å². The van der Waals surface area contributed by atoms with Crippen molar-refractivity contribution in [3.63, 3.8) is 0 Å². The topological polar surface area (TPSA) is 69.6 Å². The van der Waals surface area contributed by atoms with Gasteiger partial charge in [-0.3, -0.25) is 4.79 Å². The molecule has 1 amide bonds. The van der Waals surface area contributed by atoms with Crippen LogP contribution in [0.25, 0.3) is 0 Å². The first-order chi connectivity index (χ1) is 9.66. The van der Waals surface area contributed by atoms with Gasteiger partial charge in [0.2, 0.25) is 5.91 Å². The van der Waals surface area contributed by atoms with Crippen LogP contribution >= 0.6 is 0 Å². The number of carboxylic acids is 1. The summed E-state index contributed by atoms with van der Waals surface area (Å²) in [6.45, 7) is 0.684. The van der Waals surface area contributed by atoms with Crippen molar-refractivity contribution in [1.29, 1.82) is 0 Å². The molecule has 2 saturated carbocycles. The Labute approximate surface area is 119 Å². The Balaban J connectivity index is 1.62. The highest BCUT2D eigenvalue weighted by Crippen LogP contribution is 2.40. The zero-order valence-corrected chi connectivity index (χ0v) is 11.9. The fraction of sp³-hybridized carbons (Fsp3) is 0.867. The Morgan fingerprint density at radius 1 is 1.15 bits per heavy atom. The van der Waals surface area contributed by atoms with Crippen LogP contribution in [0, 0.1) is 5.92 Å². The number of nitrogens with zero attached hydrogens (tertiary/aromatic N) is 1. The highest BCUT2D eigenvalue weighted by atomic mass is 16.4. The van der Waals surface area contributed by atoms with Crippen LogP contribution in [0.5, 0.6) is 0 Å². The van der Waals surface area contributed by atoms with Crippen molar-refractivity contribution in [2.45, 2.75) is 69.5 Å². The third kappa shape index (κ3) is 2.82. The van der Waals surface area contributed by atoms with E-state index < -0.39 is 12.0 Å². The van der Waals surface area contributed by atoms with Crippen molar-refractivity contribution in [3.8, 4) is 0 Å². The van der Waals surface area contributed by atoms with Crippen molar-refractivity contribution in [1.82, 2.24) is 10.2 Å². The van der Waals surface area contributed by atoms with Crippen molar-refractivity contribution in [2.24, 2.45) is 5.92 Å². The lowest BCUT2D eigenvalue weighted by molar-refractivity contribution is -0.149. The molecule has 3 fully saturated rings. The Morgan fingerprint density at radius 2 is 1.90 bits per heavy atom. The number of hydrogen-bond donors (Lipinski definition) is 2. The molecule has 0 radical (unpaired) electrons. The minimum absolute atomic E-state index is 0.0277. The van der Waals surface area contributed by atoms with E-state index in [1.807, 2.05) is 0 Å². The highest BCUT2D eigenvalue weighted by Gasteiger charge is 2.47. The van der Waals surface area contributed by atoms with Gasteiger partial charge in [-0.1, -0.05) is 12.8 Å². The number of hydrogen-bond acceptors (Lipinski definition) is 3. The molecule has 2 N–H and O–H groups in total. The number of carbonyl (C=O) groups excluding carboxylic acids is 1. The molecule has 20 heavy (non-hydrogen) atoms. The maximum atomic E-state index is 12.4. The van der Waals surface area contributed by atoms with E-state index in [-0.39, 0.29) is 11.9 Å². The molecular weight excluding hydrogens is 256 g/mol. The number of rotatable bonds is 5. The summed E-state index contributed by atoms with van der Waals surface area (Å²) in [5.41, 5.74) is 0. The number of aliphatic carboxylic acids is 1. The van der Waals surface area contributed by atoms with Gasteiger partial charge in [0.15, 0.2) is 0 Å².